The Balaban J connectivity index is 1.29. The molecule has 0 bridgehead atoms. The zero-order valence-corrected chi connectivity index (χ0v) is 17.2. The van der Waals surface area contributed by atoms with Crippen molar-refractivity contribution in [1.29, 1.82) is 0 Å². The van der Waals surface area contributed by atoms with Crippen LogP contribution in [0, 0.1) is 17.7 Å². The van der Waals surface area contributed by atoms with Crippen molar-refractivity contribution in [3.8, 4) is 28.7 Å². The second kappa shape index (κ2) is 9.36. The lowest BCUT2D eigenvalue weighted by Crippen LogP contribution is -2.26. The maximum Gasteiger partial charge on any atom is 0.407 e. The molecule has 0 spiro atoms. The smallest absolute Gasteiger partial charge is 0.407 e. The fourth-order valence-corrected chi connectivity index (χ4v) is 3.76. The molecule has 5 heteroatoms. The molecule has 0 aliphatic heterocycles. The molecule has 0 atom stereocenters. The van der Waals surface area contributed by atoms with Gasteiger partial charge in [-0.1, -0.05) is 60.4 Å². The third kappa shape index (κ3) is 4.54. The highest BCUT2D eigenvalue weighted by Crippen LogP contribution is 2.44. The van der Waals surface area contributed by atoms with Crippen LogP contribution in [0.1, 0.15) is 29.0 Å². The zero-order chi connectivity index (χ0) is 21.6. The van der Waals surface area contributed by atoms with Crippen LogP contribution in [0.2, 0.25) is 0 Å². The van der Waals surface area contributed by atoms with Gasteiger partial charge in [0.05, 0.1) is 12.7 Å². The third-order valence-electron chi connectivity index (χ3n) is 5.26. The van der Waals surface area contributed by atoms with E-state index in [2.05, 4.69) is 41.4 Å². The van der Waals surface area contributed by atoms with Crippen LogP contribution in [-0.4, -0.2) is 26.4 Å². The predicted octanol–water partition coefficient (Wildman–Crippen LogP) is 5.11. The number of hydrogen-bond acceptors (Lipinski definition) is 3. The molecule has 0 fully saturated rings. The molecule has 31 heavy (non-hydrogen) atoms. The van der Waals surface area contributed by atoms with E-state index in [9.17, 15) is 9.18 Å². The molecule has 4 nitrogen and oxygen atoms in total. The molecule has 4 rings (SSSR count). The van der Waals surface area contributed by atoms with E-state index in [1.54, 1.807) is 12.1 Å². The molecular weight excluding hydrogens is 393 g/mol. The van der Waals surface area contributed by atoms with Gasteiger partial charge in [0.1, 0.15) is 18.2 Å². The van der Waals surface area contributed by atoms with Gasteiger partial charge in [0.2, 0.25) is 0 Å². The van der Waals surface area contributed by atoms with E-state index in [1.165, 1.54) is 35.4 Å². The first-order valence-corrected chi connectivity index (χ1v) is 10.1. The number of halogens is 1. The average molecular weight is 415 g/mol. The molecular formula is C26H22FNO3. The summed E-state index contributed by atoms with van der Waals surface area (Å²) in [5.74, 6) is 5.78. The predicted molar refractivity (Wildman–Crippen MR) is 118 cm³/mol. The summed E-state index contributed by atoms with van der Waals surface area (Å²) in [4.78, 5) is 12.1. The van der Waals surface area contributed by atoms with Gasteiger partial charge in [-0.25, -0.2) is 9.18 Å². The van der Waals surface area contributed by atoms with Gasteiger partial charge >= 0.3 is 6.09 Å². The van der Waals surface area contributed by atoms with Crippen molar-refractivity contribution >= 4 is 6.09 Å². The van der Waals surface area contributed by atoms with Crippen LogP contribution < -0.4 is 10.1 Å². The molecule has 0 saturated heterocycles. The lowest BCUT2D eigenvalue weighted by molar-refractivity contribution is 0.143. The van der Waals surface area contributed by atoms with Crippen molar-refractivity contribution in [3.05, 3.63) is 89.2 Å². The topological polar surface area (TPSA) is 47.6 Å². The maximum atomic E-state index is 13.8. The number of nitrogens with one attached hydrogen (secondary N) is 1. The van der Waals surface area contributed by atoms with Crippen LogP contribution in [-0.2, 0) is 4.74 Å². The van der Waals surface area contributed by atoms with Crippen molar-refractivity contribution < 1.29 is 18.7 Å². The van der Waals surface area contributed by atoms with Gasteiger partial charge < -0.3 is 14.8 Å². The molecule has 1 amide bonds. The summed E-state index contributed by atoms with van der Waals surface area (Å²) in [6.07, 6.45) is -0.114. The van der Waals surface area contributed by atoms with Crippen molar-refractivity contribution in [2.45, 2.75) is 12.3 Å². The van der Waals surface area contributed by atoms with E-state index in [0.29, 0.717) is 18.7 Å². The van der Waals surface area contributed by atoms with Crippen LogP contribution >= 0.6 is 0 Å². The number of carbonyl (C=O) groups excluding carboxylic acids is 1. The van der Waals surface area contributed by atoms with Crippen molar-refractivity contribution in [3.63, 3.8) is 0 Å². The molecule has 1 N–H and O–H groups in total. The number of methoxy groups -OCH3 is 1. The standard InChI is InChI=1S/C26H22FNO3/c1-30-19-13-14-25(27)18(16-19)8-6-7-15-28-26(29)31-17-24-22-11-4-2-9-20(22)21-10-3-5-12-23(21)24/h2-5,9-14,16,24H,7,15,17H2,1H3,(H,28,29). The molecule has 0 unspecified atom stereocenters. The summed E-state index contributed by atoms with van der Waals surface area (Å²) in [5.41, 5.74) is 4.98. The number of benzene rings is 3. The van der Waals surface area contributed by atoms with Gasteiger partial charge in [-0.05, 0) is 40.5 Å². The van der Waals surface area contributed by atoms with E-state index in [1.807, 2.05) is 24.3 Å². The molecule has 156 valence electrons. The monoisotopic (exact) mass is 415 g/mol. The lowest BCUT2D eigenvalue weighted by atomic mass is 9.98. The quantitative estimate of drug-likeness (QED) is 0.465. The lowest BCUT2D eigenvalue weighted by Gasteiger charge is -2.14. The Hall–Kier alpha value is -3.78. The molecule has 3 aromatic carbocycles. The molecule has 0 radical (unpaired) electrons. The maximum absolute atomic E-state index is 13.8. The average Bonchev–Trinajstić information content (AvgIpc) is 3.12. The van der Waals surface area contributed by atoms with Crippen LogP contribution in [0.5, 0.6) is 5.75 Å². The second-order valence-electron chi connectivity index (χ2n) is 7.15. The number of carbonyl (C=O) groups is 1. The Kier molecular flexibility index (Phi) is 6.18. The Bertz CT molecular complexity index is 1120. The highest BCUT2D eigenvalue weighted by atomic mass is 19.1. The van der Waals surface area contributed by atoms with E-state index in [0.717, 1.165) is 0 Å². The van der Waals surface area contributed by atoms with E-state index >= 15 is 0 Å². The van der Waals surface area contributed by atoms with Gasteiger partial charge in [0.25, 0.3) is 0 Å². The van der Waals surface area contributed by atoms with Crippen LogP contribution in [0.3, 0.4) is 0 Å². The zero-order valence-electron chi connectivity index (χ0n) is 17.2. The third-order valence-corrected chi connectivity index (χ3v) is 5.26. The molecule has 0 heterocycles. The second-order valence-corrected chi connectivity index (χ2v) is 7.15. The number of ether oxygens (including phenoxy) is 2. The molecule has 1 aliphatic rings. The SMILES string of the molecule is COc1ccc(F)c(C#CCCNC(=O)OCC2c3ccccc3-c3ccccc32)c1. The van der Waals surface area contributed by atoms with Crippen LogP contribution in [0.15, 0.2) is 66.7 Å². The number of alkyl carbamates (subject to hydrolysis) is 1. The number of hydrogen-bond donors (Lipinski definition) is 1. The Morgan fingerprint density at radius 1 is 1.03 bits per heavy atom. The highest BCUT2D eigenvalue weighted by Gasteiger charge is 2.28. The molecule has 1 aliphatic carbocycles. The Morgan fingerprint density at radius 2 is 1.71 bits per heavy atom. The fraction of sp³-hybridized carbons (Fsp3) is 0.192. The summed E-state index contributed by atoms with van der Waals surface area (Å²) in [5, 5.41) is 2.70. The summed E-state index contributed by atoms with van der Waals surface area (Å²) in [7, 11) is 1.52. The number of rotatable bonds is 5. The van der Waals surface area contributed by atoms with Crippen molar-refractivity contribution in [2.75, 3.05) is 20.3 Å². The minimum absolute atomic E-state index is 0.0222. The van der Waals surface area contributed by atoms with Gasteiger partial charge in [0, 0.05) is 18.9 Å². The largest absolute Gasteiger partial charge is 0.497 e. The van der Waals surface area contributed by atoms with E-state index in [4.69, 9.17) is 9.47 Å². The van der Waals surface area contributed by atoms with E-state index in [-0.39, 0.29) is 18.1 Å². The molecule has 3 aromatic rings. The Labute approximate surface area is 181 Å². The normalized spacial score (nSPS) is 11.7. The summed E-state index contributed by atoms with van der Waals surface area (Å²) in [6, 6.07) is 20.8. The number of amides is 1. The molecule has 0 aromatic heterocycles. The van der Waals surface area contributed by atoms with Gasteiger partial charge in [-0.3, -0.25) is 0 Å². The van der Waals surface area contributed by atoms with E-state index < -0.39 is 11.9 Å². The van der Waals surface area contributed by atoms with Crippen molar-refractivity contribution in [2.24, 2.45) is 0 Å². The fourth-order valence-electron chi connectivity index (χ4n) is 3.76. The Morgan fingerprint density at radius 3 is 2.39 bits per heavy atom. The van der Waals surface area contributed by atoms with Crippen LogP contribution in [0.4, 0.5) is 9.18 Å². The highest BCUT2D eigenvalue weighted by molar-refractivity contribution is 5.79. The summed E-state index contributed by atoms with van der Waals surface area (Å²) in [6.45, 7) is 0.579. The first-order chi connectivity index (χ1) is 15.2. The van der Waals surface area contributed by atoms with Gasteiger partial charge in [-0.15, -0.1) is 0 Å². The van der Waals surface area contributed by atoms with Crippen LogP contribution in [0.25, 0.3) is 11.1 Å². The van der Waals surface area contributed by atoms with Gasteiger partial charge in [-0.2, -0.15) is 0 Å². The minimum atomic E-state index is -0.490. The summed E-state index contributed by atoms with van der Waals surface area (Å²) >= 11 is 0. The summed E-state index contributed by atoms with van der Waals surface area (Å²) < 4.78 is 24.3. The van der Waals surface area contributed by atoms with Crippen molar-refractivity contribution in [1.82, 2.24) is 5.32 Å². The minimum Gasteiger partial charge on any atom is -0.497 e. The first-order valence-electron chi connectivity index (χ1n) is 10.1. The first kappa shape index (κ1) is 20.5. The molecule has 0 saturated carbocycles. The number of fused-ring (bicyclic) bond motifs is 3. The van der Waals surface area contributed by atoms with Gasteiger partial charge in [0.15, 0.2) is 0 Å².